The maximum absolute atomic E-state index is 12.2. The van der Waals surface area contributed by atoms with E-state index in [9.17, 15) is 9.59 Å². The van der Waals surface area contributed by atoms with E-state index in [1.54, 1.807) is 40.8 Å². The Balaban J connectivity index is 1.51. The molecular formula is C18H21BrN6O3. The zero-order valence-electron chi connectivity index (χ0n) is 15.8. The van der Waals surface area contributed by atoms with Crippen LogP contribution in [0.3, 0.4) is 0 Å². The average Bonchev–Trinajstić information content (AvgIpc) is 3.34. The molecule has 9 nitrogen and oxygen atoms in total. The molecule has 0 aromatic carbocycles. The molecule has 10 heteroatoms. The third-order valence-electron chi connectivity index (χ3n) is 4.10. The lowest BCUT2D eigenvalue weighted by molar-refractivity contribution is -0.125. The number of furan rings is 1. The Morgan fingerprint density at radius 3 is 2.71 bits per heavy atom. The molecule has 3 aromatic heterocycles. The Kier molecular flexibility index (Phi) is 5.98. The van der Waals surface area contributed by atoms with Crippen molar-refractivity contribution >= 4 is 27.7 Å². The van der Waals surface area contributed by atoms with Crippen molar-refractivity contribution in [2.24, 2.45) is 5.92 Å². The van der Waals surface area contributed by atoms with E-state index >= 15 is 0 Å². The van der Waals surface area contributed by atoms with Crippen LogP contribution in [0.1, 0.15) is 34.6 Å². The summed E-state index contributed by atoms with van der Waals surface area (Å²) >= 11 is 3.31. The van der Waals surface area contributed by atoms with Crippen LogP contribution in [0.4, 0.5) is 0 Å². The van der Waals surface area contributed by atoms with E-state index < -0.39 is 5.91 Å². The van der Waals surface area contributed by atoms with Crippen molar-refractivity contribution in [1.82, 2.24) is 30.4 Å². The van der Waals surface area contributed by atoms with Crippen LogP contribution in [0.15, 0.2) is 39.5 Å². The number of aryl methyl sites for hydroxylation is 2. The Labute approximate surface area is 170 Å². The maximum Gasteiger partial charge on any atom is 0.305 e. The normalized spacial score (nSPS) is 12.0. The van der Waals surface area contributed by atoms with E-state index in [1.165, 1.54) is 0 Å². The summed E-state index contributed by atoms with van der Waals surface area (Å²) in [5.41, 5.74) is 6.70. The summed E-state index contributed by atoms with van der Waals surface area (Å²) in [6.07, 6.45) is 3.42. The highest BCUT2D eigenvalue weighted by Gasteiger charge is 2.17. The van der Waals surface area contributed by atoms with Crippen LogP contribution >= 0.6 is 15.9 Å². The first kappa shape index (κ1) is 19.9. The van der Waals surface area contributed by atoms with E-state index in [0.717, 1.165) is 15.9 Å². The van der Waals surface area contributed by atoms with Gasteiger partial charge in [0.25, 0.3) is 0 Å². The number of nitrogens with one attached hydrogen (secondary N) is 2. The Bertz CT molecular complexity index is 989. The van der Waals surface area contributed by atoms with Crippen molar-refractivity contribution < 1.29 is 14.0 Å². The van der Waals surface area contributed by atoms with Gasteiger partial charge in [0, 0.05) is 11.9 Å². The van der Waals surface area contributed by atoms with Crippen LogP contribution < -0.4 is 10.9 Å². The summed E-state index contributed by atoms with van der Waals surface area (Å²) in [7, 11) is 0. The molecule has 2 amide bonds. The van der Waals surface area contributed by atoms with Gasteiger partial charge in [-0.3, -0.25) is 29.8 Å². The highest BCUT2D eigenvalue weighted by Crippen LogP contribution is 2.12. The first-order valence-electron chi connectivity index (χ1n) is 8.69. The molecule has 0 radical (unpaired) electrons. The third-order valence-corrected chi connectivity index (χ3v) is 4.51. The fraction of sp³-hybridized carbons (Fsp3) is 0.333. The monoisotopic (exact) mass is 448 g/mol. The Morgan fingerprint density at radius 2 is 2.07 bits per heavy atom. The number of carbonyl (C=O) groups is 2. The molecule has 28 heavy (non-hydrogen) atoms. The highest BCUT2D eigenvalue weighted by atomic mass is 79.9. The number of rotatable bonds is 6. The predicted octanol–water partition coefficient (Wildman–Crippen LogP) is 2.20. The summed E-state index contributed by atoms with van der Waals surface area (Å²) in [6, 6.07) is 5.24. The number of hydrogen-bond acceptors (Lipinski definition) is 5. The lowest BCUT2D eigenvalue weighted by Gasteiger charge is -2.12. The quantitative estimate of drug-likeness (QED) is 0.562. The van der Waals surface area contributed by atoms with Gasteiger partial charge in [0.05, 0.1) is 35.4 Å². The van der Waals surface area contributed by atoms with E-state index in [1.807, 2.05) is 19.9 Å². The van der Waals surface area contributed by atoms with Crippen molar-refractivity contribution in [3.8, 4) is 0 Å². The van der Waals surface area contributed by atoms with Crippen molar-refractivity contribution in [3.05, 3.63) is 58.0 Å². The molecular weight excluding hydrogens is 428 g/mol. The molecule has 0 unspecified atom stereocenters. The maximum atomic E-state index is 12.2. The van der Waals surface area contributed by atoms with Crippen LogP contribution in [0.25, 0.3) is 0 Å². The minimum atomic E-state index is -0.526. The van der Waals surface area contributed by atoms with Gasteiger partial charge in [-0.1, -0.05) is 6.92 Å². The number of hydrogen-bond donors (Lipinski definition) is 2. The molecule has 1 atom stereocenters. The van der Waals surface area contributed by atoms with Crippen LogP contribution in [0.5, 0.6) is 0 Å². The Hall–Kier alpha value is -2.88. The molecule has 0 saturated heterocycles. The second-order valence-electron chi connectivity index (χ2n) is 6.58. The SMILES string of the molecule is Cc1cc(C)n(Cc2ccc(C(=O)NNC(=O)[C@@H](C)Cn3cc(Br)cn3)o2)n1. The van der Waals surface area contributed by atoms with Crippen molar-refractivity contribution in [1.29, 1.82) is 0 Å². The van der Waals surface area contributed by atoms with Gasteiger partial charge < -0.3 is 4.42 Å². The second kappa shape index (κ2) is 8.42. The minimum Gasteiger partial charge on any atom is -0.454 e. The fourth-order valence-corrected chi connectivity index (χ4v) is 3.00. The minimum absolute atomic E-state index is 0.112. The third kappa shape index (κ3) is 4.89. The summed E-state index contributed by atoms with van der Waals surface area (Å²) in [5.74, 6) is -0.525. The summed E-state index contributed by atoms with van der Waals surface area (Å²) in [6.45, 7) is 6.43. The lowest BCUT2D eigenvalue weighted by atomic mass is 10.2. The standard InChI is InChI=1S/C18H21BrN6O3/c1-11(8-24-9-14(19)7-20-24)17(26)21-22-18(27)16-5-4-15(28-16)10-25-13(3)6-12(2)23-25/h4-7,9,11H,8,10H2,1-3H3,(H,21,26)(H,22,27)/t11-/m0/s1. The van der Waals surface area contributed by atoms with E-state index in [0.29, 0.717) is 18.8 Å². The van der Waals surface area contributed by atoms with Gasteiger partial charge in [0.2, 0.25) is 5.91 Å². The van der Waals surface area contributed by atoms with E-state index in [2.05, 4.69) is 37.0 Å². The summed E-state index contributed by atoms with van der Waals surface area (Å²) in [4.78, 5) is 24.4. The van der Waals surface area contributed by atoms with Crippen LogP contribution in [-0.4, -0.2) is 31.4 Å². The average molecular weight is 449 g/mol. The molecule has 0 spiro atoms. The van der Waals surface area contributed by atoms with Gasteiger partial charge in [-0.2, -0.15) is 10.2 Å². The Morgan fingerprint density at radius 1 is 1.29 bits per heavy atom. The molecule has 0 aliphatic carbocycles. The molecule has 3 rings (SSSR count). The molecule has 0 bridgehead atoms. The zero-order chi connectivity index (χ0) is 20.3. The first-order valence-corrected chi connectivity index (χ1v) is 9.49. The zero-order valence-corrected chi connectivity index (χ0v) is 17.4. The molecule has 0 aliphatic heterocycles. The van der Waals surface area contributed by atoms with Crippen molar-refractivity contribution in [2.75, 3.05) is 0 Å². The number of halogens is 1. The van der Waals surface area contributed by atoms with E-state index in [-0.39, 0.29) is 17.6 Å². The van der Waals surface area contributed by atoms with Gasteiger partial charge in [-0.25, -0.2) is 0 Å². The van der Waals surface area contributed by atoms with Crippen molar-refractivity contribution in [2.45, 2.75) is 33.9 Å². The molecule has 0 saturated carbocycles. The number of amides is 2. The first-order chi connectivity index (χ1) is 13.3. The van der Waals surface area contributed by atoms with E-state index in [4.69, 9.17) is 4.42 Å². The van der Waals surface area contributed by atoms with Crippen LogP contribution in [0, 0.1) is 19.8 Å². The summed E-state index contributed by atoms with van der Waals surface area (Å²) in [5, 5.41) is 8.47. The van der Waals surface area contributed by atoms with Crippen molar-refractivity contribution in [3.63, 3.8) is 0 Å². The summed E-state index contributed by atoms with van der Waals surface area (Å²) < 4.78 is 9.84. The molecule has 3 heterocycles. The largest absolute Gasteiger partial charge is 0.454 e. The van der Waals surface area contributed by atoms with Gasteiger partial charge >= 0.3 is 5.91 Å². The van der Waals surface area contributed by atoms with Gasteiger partial charge in [-0.05, 0) is 48.0 Å². The molecule has 148 valence electrons. The topological polar surface area (TPSA) is 107 Å². The number of nitrogens with zero attached hydrogens (tertiary/aromatic N) is 4. The molecule has 0 fully saturated rings. The van der Waals surface area contributed by atoms with Crippen LogP contribution in [0.2, 0.25) is 0 Å². The molecule has 3 aromatic rings. The van der Waals surface area contributed by atoms with Gasteiger partial charge in [0.15, 0.2) is 5.76 Å². The highest BCUT2D eigenvalue weighted by molar-refractivity contribution is 9.10. The fourth-order valence-electron chi connectivity index (χ4n) is 2.67. The smallest absolute Gasteiger partial charge is 0.305 e. The number of aromatic nitrogens is 4. The second-order valence-corrected chi connectivity index (χ2v) is 7.49. The molecule has 2 N–H and O–H groups in total. The predicted molar refractivity (Wildman–Crippen MR) is 104 cm³/mol. The number of carbonyl (C=O) groups excluding carboxylic acids is 2. The number of hydrazine groups is 1. The van der Waals surface area contributed by atoms with Gasteiger partial charge in [0.1, 0.15) is 5.76 Å². The molecule has 0 aliphatic rings. The van der Waals surface area contributed by atoms with Gasteiger partial charge in [-0.15, -0.1) is 0 Å². The van der Waals surface area contributed by atoms with Crippen LogP contribution in [-0.2, 0) is 17.9 Å². The lowest BCUT2D eigenvalue weighted by Crippen LogP contribution is -2.44.